The van der Waals surface area contributed by atoms with Crippen molar-refractivity contribution < 1.29 is 23.9 Å². The minimum absolute atomic E-state index is 0.00204. The van der Waals surface area contributed by atoms with Gasteiger partial charge in [-0.2, -0.15) is 0 Å². The Hall–Kier alpha value is -2.61. The molecule has 0 radical (unpaired) electrons. The number of carbonyl (C=O) groups is 4. The molecule has 0 aromatic heterocycles. The van der Waals surface area contributed by atoms with Crippen LogP contribution < -0.4 is 10.6 Å². The summed E-state index contributed by atoms with van der Waals surface area (Å²) in [6.07, 6.45) is 2.16. The first kappa shape index (κ1) is 21.1. The van der Waals surface area contributed by atoms with Crippen LogP contribution in [0.4, 0.5) is 10.5 Å². The third-order valence-electron chi connectivity index (χ3n) is 5.58. The number of carbonyl (C=O) groups excluding carboxylic acids is 4. The highest BCUT2D eigenvalue weighted by Gasteiger charge is 2.55. The highest BCUT2D eigenvalue weighted by molar-refractivity contribution is 6.30. The Balaban J connectivity index is 1.57. The molecule has 9 heteroatoms. The van der Waals surface area contributed by atoms with Crippen LogP contribution in [0.25, 0.3) is 0 Å². The van der Waals surface area contributed by atoms with Gasteiger partial charge < -0.3 is 15.4 Å². The molecule has 0 bridgehead atoms. The molecule has 3 rings (SSSR count). The highest BCUT2D eigenvalue weighted by Crippen LogP contribution is 2.38. The van der Waals surface area contributed by atoms with Crippen LogP contribution in [0.3, 0.4) is 0 Å². The van der Waals surface area contributed by atoms with Crippen LogP contribution >= 0.6 is 11.6 Å². The third-order valence-corrected chi connectivity index (χ3v) is 5.83. The summed E-state index contributed by atoms with van der Waals surface area (Å²) in [7, 11) is 0. The minimum atomic E-state index is -1.10. The lowest BCUT2D eigenvalue weighted by Crippen LogP contribution is -2.54. The van der Waals surface area contributed by atoms with Gasteiger partial charge in [-0.05, 0) is 49.9 Å². The number of nitrogens with zero attached hydrogens (tertiary/aromatic N) is 1. The Kier molecular flexibility index (Phi) is 6.12. The van der Waals surface area contributed by atoms with Gasteiger partial charge in [-0.25, -0.2) is 4.79 Å². The Labute approximate surface area is 173 Å². The lowest BCUT2D eigenvalue weighted by Gasteiger charge is -2.36. The number of nitrogens with one attached hydrogen (secondary N) is 2. The van der Waals surface area contributed by atoms with Crippen molar-refractivity contribution in [2.75, 3.05) is 11.9 Å². The maximum atomic E-state index is 12.9. The monoisotopic (exact) mass is 421 g/mol. The SMILES string of the molecule is C[C@H](OC(=O)CN1C(=O)N[C@]2(CCCC[C@H]2C)C1=O)C(=O)Nc1ccc(Cl)cc1. The Bertz CT molecular complexity index is 828. The van der Waals surface area contributed by atoms with Crippen LogP contribution in [0.1, 0.15) is 39.5 Å². The van der Waals surface area contributed by atoms with E-state index in [0.29, 0.717) is 17.1 Å². The van der Waals surface area contributed by atoms with E-state index in [0.717, 1.165) is 24.2 Å². The summed E-state index contributed by atoms with van der Waals surface area (Å²) in [5, 5.41) is 5.91. The molecule has 1 aliphatic carbocycles. The smallest absolute Gasteiger partial charge is 0.327 e. The fourth-order valence-corrected chi connectivity index (χ4v) is 3.96. The number of benzene rings is 1. The zero-order chi connectivity index (χ0) is 21.2. The van der Waals surface area contributed by atoms with E-state index in [1.54, 1.807) is 24.3 Å². The van der Waals surface area contributed by atoms with Crippen molar-refractivity contribution in [2.45, 2.75) is 51.2 Å². The summed E-state index contributed by atoms with van der Waals surface area (Å²) >= 11 is 5.80. The fourth-order valence-electron chi connectivity index (χ4n) is 3.83. The van der Waals surface area contributed by atoms with Gasteiger partial charge in [-0.15, -0.1) is 0 Å². The summed E-state index contributed by atoms with van der Waals surface area (Å²) < 4.78 is 5.12. The number of halogens is 1. The fraction of sp³-hybridized carbons (Fsp3) is 0.500. The molecule has 156 valence electrons. The number of hydrogen-bond acceptors (Lipinski definition) is 5. The van der Waals surface area contributed by atoms with Crippen LogP contribution in [-0.2, 0) is 19.1 Å². The van der Waals surface area contributed by atoms with E-state index in [-0.39, 0.29) is 5.92 Å². The minimum Gasteiger partial charge on any atom is -0.451 e. The molecule has 0 unspecified atom stereocenters. The number of imide groups is 1. The number of esters is 1. The van der Waals surface area contributed by atoms with E-state index in [1.165, 1.54) is 6.92 Å². The van der Waals surface area contributed by atoms with Gasteiger partial charge in [-0.1, -0.05) is 31.4 Å². The number of hydrogen-bond donors (Lipinski definition) is 2. The van der Waals surface area contributed by atoms with Gasteiger partial charge in [0.15, 0.2) is 6.10 Å². The van der Waals surface area contributed by atoms with E-state index in [1.807, 2.05) is 6.92 Å². The van der Waals surface area contributed by atoms with E-state index in [2.05, 4.69) is 10.6 Å². The zero-order valence-electron chi connectivity index (χ0n) is 16.4. The molecule has 1 heterocycles. The van der Waals surface area contributed by atoms with Crippen molar-refractivity contribution >= 4 is 41.1 Å². The van der Waals surface area contributed by atoms with E-state index in [4.69, 9.17) is 16.3 Å². The molecule has 1 spiro atoms. The van der Waals surface area contributed by atoms with E-state index >= 15 is 0 Å². The van der Waals surface area contributed by atoms with Crippen molar-refractivity contribution in [1.29, 1.82) is 0 Å². The first-order chi connectivity index (χ1) is 13.7. The molecule has 1 saturated carbocycles. The van der Waals surface area contributed by atoms with Crippen LogP contribution in [0.15, 0.2) is 24.3 Å². The molecule has 8 nitrogen and oxygen atoms in total. The van der Waals surface area contributed by atoms with Crippen LogP contribution in [-0.4, -0.2) is 46.9 Å². The lowest BCUT2D eigenvalue weighted by molar-refractivity contribution is -0.155. The predicted octanol–water partition coefficient (Wildman–Crippen LogP) is 2.71. The van der Waals surface area contributed by atoms with Gasteiger partial charge in [0.05, 0.1) is 0 Å². The van der Waals surface area contributed by atoms with Gasteiger partial charge in [-0.3, -0.25) is 19.3 Å². The second kappa shape index (κ2) is 8.41. The Morgan fingerprint density at radius 3 is 2.66 bits per heavy atom. The molecule has 1 aromatic carbocycles. The van der Waals surface area contributed by atoms with Crippen molar-refractivity contribution in [3.8, 4) is 0 Å². The summed E-state index contributed by atoms with van der Waals surface area (Å²) in [4.78, 5) is 50.5. The zero-order valence-corrected chi connectivity index (χ0v) is 17.1. The van der Waals surface area contributed by atoms with Crippen molar-refractivity contribution in [3.63, 3.8) is 0 Å². The average molecular weight is 422 g/mol. The molecule has 29 heavy (non-hydrogen) atoms. The molecular formula is C20H24ClN3O5. The number of urea groups is 1. The Morgan fingerprint density at radius 2 is 2.00 bits per heavy atom. The number of anilines is 1. The molecule has 2 aliphatic rings. The summed E-state index contributed by atoms with van der Waals surface area (Å²) in [6.45, 7) is 2.82. The van der Waals surface area contributed by atoms with E-state index < -0.39 is 42.0 Å². The summed E-state index contributed by atoms with van der Waals surface area (Å²) in [5.41, 5.74) is -0.433. The molecular weight excluding hydrogens is 398 g/mol. The number of rotatable bonds is 5. The summed E-state index contributed by atoms with van der Waals surface area (Å²) in [6, 6.07) is 5.87. The molecule has 2 fully saturated rings. The molecule has 1 aromatic rings. The van der Waals surface area contributed by atoms with Crippen LogP contribution in [0.2, 0.25) is 5.02 Å². The maximum Gasteiger partial charge on any atom is 0.327 e. The second-order valence-electron chi connectivity index (χ2n) is 7.57. The quantitative estimate of drug-likeness (QED) is 0.561. The van der Waals surface area contributed by atoms with Crippen molar-refractivity contribution in [2.24, 2.45) is 5.92 Å². The Morgan fingerprint density at radius 1 is 1.31 bits per heavy atom. The number of ether oxygens (including phenoxy) is 1. The van der Waals surface area contributed by atoms with Crippen molar-refractivity contribution in [1.82, 2.24) is 10.2 Å². The lowest BCUT2D eigenvalue weighted by atomic mass is 9.73. The molecule has 2 N–H and O–H groups in total. The van der Waals surface area contributed by atoms with Crippen molar-refractivity contribution in [3.05, 3.63) is 29.3 Å². The molecule has 4 amide bonds. The van der Waals surface area contributed by atoms with Gasteiger partial charge in [0.25, 0.3) is 11.8 Å². The topological polar surface area (TPSA) is 105 Å². The first-order valence-electron chi connectivity index (χ1n) is 9.63. The molecule has 3 atom stereocenters. The van der Waals surface area contributed by atoms with Crippen LogP contribution in [0, 0.1) is 5.92 Å². The maximum absolute atomic E-state index is 12.9. The standard InChI is InChI=1S/C20H24ClN3O5/c1-12-5-3-4-10-20(12)18(27)24(19(28)23-20)11-16(25)29-13(2)17(26)22-15-8-6-14(21)7-9-15/h6-9,12-13H,3-5,10-11H2,1-2H3,(H,22,26)(H,23,28)/t12-,13+,20+/m1/s1. The summed E-state index contributed by atoms with van der Waals surface area (Å²) in [5.74, 6) is -1.76. The number of amides is 4. The molecule has 1 saturated heterocycles. The normalized spacial score (nSPS) is 24.9. The van der Waals surface area contributed by atoms with Gasteiger partial charge in [0.1, 0.15) is 12.1 Å². The van der Waals surface area contributed by atoms with Gasteiger partial charge >= 0.3 is 12.0 Å². The third kappa shape index (κ3) is 4.37. The predicted molar refractivity (Wildman–Crippen MR) is 106 cm³/mol. The largest absolute Gasteiger partial charge is 0.451 e. The molecule has 1 aliphatic heterocycles. The van der Waals surface area contributed by atoms with Gasteiger partial charge in [0, 0.05) is 10.7 Å². The average Bonchev–Trinajstić information content (AvgIpc) is 2.91. The van der Waals surface area contributed by atoms with Gasteiger partial charge in [0.2, 0.25) is 0 Å². The van der Waals surface area contributed by atoms with Crippen LogP contribution in [0.5, 0.6) is 0 Å². The highest BCUT2D eigenvalue weighted by atomic mass is 35.5. The second-order valence-corrected chi connectivity index (χ2v) is 8.00. The van der Waals surface area contributed by atoms with E-state index in [9.17, 15) is 19.2 Å². The first-order valence-corrected chi connectivity index (χ1v) is 10.0.